The van der Waals surface area contributed by atoms with Gasteiger partial charge in [-0.25, -0.2) is 4.79 Å². The number of hydrogen-bond donors (Lipinski definition) is 0. The van der Waals surface area contributed by atoms with Gasteiger partial charge in [0.05, 0.1) is 6.61 Å². The zero-order valence-corrected chi connectivity index (χ0v) is 9.95. The van der Waals surface area contributed by atoms with Gasteiger partial charge in [-0.2, -0.15) is 0 Å². The molecule has 0 radical (unpaired) electrons. The number of likely N-dealkylation sites (N-methyl/N-ethyl adjacent to an activating group) is 1. The first-order valence-electron chi connectivity index (χ1n) is 5.58. The summed E-state index contributed by atoms with van der Waals surface area (Å²) in [4.78, 5) is 13.4. The largest absolute Gasteiger partial charge is 0.463 e. The maximum atomic E-state index is 11.3. The Hall–Kier alpha value is -0.830. The number of esters is 1. The Bertz CT molecular complexity index is 250. The molecule has 0 spiro atoms. The summed E-state index contributed by atoms with van der Waals surface area (Å²) >= 11 is 0. The predicted molar refractivity (Wildman–Crippen MR) is 60.5 cm³/mol. The molecule has 0 aromatic rings. The van der Waals surface area contributed by atoms with Crippen LogP contribution < -0.4 is 0 Å². The van der Waals surface area contributed by atoms with Gasteiger partial charge in [0, 0.05) is 18.7 Å². The van der Waals surface area contributed by atoms with E-state index in [0.717, 1.165) is 18.4 Å². The average molecular weight is 211 g/mol. The molecular formula is C12H21NO2. The van der Waals surface area contributed by atoms with Crippen molar-refractivity contribution in [2.75, 3.05) is 26.7 Å². The van der Waals surface area contributed by atoms with E-state index in [0.29, 0.717) is 18.7 Å². The van der Waals surface area contributed by atoms with Crippen LogP contribution in [0.5, 0.6) is 0 Å². The van der Waals surface area contributed by atoms with Gasteiger partial charge in [0.1, 0.15) is 0 Å². The fourth-order valence-corrected chi connectivity index (χ4v) is 1.74. The first-order valence-corrected chi connectivity index (χ1v) is 5.58. The van der Waals surface area contributed by atoms with Gasteiger partial charge in [-0.05, 0) is 32.2 Å². The third-order valence-corrected chi connectivity index (χ3v) is 2.85. The van der Waals surface area contributed by atoms with Gasteiger partial charge in [-0.15, -0.1) is 0 Å². The first kappa shape index (κ1) is 12.2. The molecule has 1 aliphatic rings. The zero-order chi connectivity index (χ0) is 11.4. The summed E-state index contributed by atoms with van der Waals surface area (Å²) in [5.41, 5.74) is 0.549. The second-order valence-electron chi connectivity index (χ2n) is 4.49. The van der Waals surface area contributed by atoms with Gasteiger partial charge in [0.25, 0.3) is 0 Å². The van der Waals surface area contributed by atoms with Crippen LogP contribution in [0, 0.1) is 11.8 Å². The fraction of sp³-hybridized carbons (Fsp3) is 0.750. The van der Waals surface area contributed by atoms with E-state index >= 15 is 0 Å². The lowest BCUT2D eigenvalue weighted by atomic mass is 10.2. The van der Waals surface area contributed by atoms with Crippen molar-refractivity contribution in [1.82, 2.24) is 4.90 Å². The van der Waals surface area contributed by atoms with Crippen molar-refractivity contribution >= 4 is 5.97 Å². The van der Waals surface area contributed by atoms with E-state index in [9.17, 15) is 4.79 Å². The monoisotopic (exact) mass is 211 g/mol. The lowest BCUT2D eigenvalue weighted by Crippen LogP contribution is -2.26. The fourth-order valence-electron chi connectivity index (χ4n) is 1.74. The molecule has 1 rings (SSSR count). The molecule has 3 nitrogen and oxygen atoms in total. The highest BCUT2D eigenvalue weighted by atomic mass is 16.5. The van der Waals surface area contributed by atoms with Gasteiger partial charge in [0.2, 0.25) is 0 Å². The highest BCUT2D eigenvalue weighted by molar-refractivity contribution is 5.88. The second kappa shape index (κ2) is 5.31. The number of nitrogens with zero attached hydrogens (tertiary/aromatic N) is 1. The van der Waals surface area contributed by atoms with Crippen LogP contribution in [0.3, 0.4) is 0 Å². The quantitative estimate of drug-likeness (QED) is 0.494. The number of hydrogen-bond acceptors (Lipinski definition) is 3. The summed E-state index contributed by atoms with van der Waals surface area (Å²) in [5, 5.41) is 0. The Kier molecular flexibility index (Phi) is 4.33. The van der Waals surface area contributed by atoms with Crippen LogP contribution in [0.25, 0.3) is 0 Å². The molecule has 3 heteroatoms. The van der Waals surface area contributed by atoms with E-state index in [1.54, 1.807) is 6.92 Å². The van der Waals surface area contributed by atoms with E-state index in [1.165, 1.54) is 6.42 Å². The minimum absolute atomic E-state index is 0.270. The number of ether oxygens (including phenoxy) is 1. The molecule has 86 valence electrons. The second-order valence-corrected chi connectivity index (χ2v) is 4.49. The first-order chi connectivity index (χ1) is 7.04. The van der Waals surface area contributed by atoms with Gasteiger partial charge >= 0.3 is 5.97 Å². The highest BCUT2D eigenvalue weighted by Crippen LogP contribution is 2.37. The molecule has 2 atom stereocenters. The van der Waals surface area contributed by atoms with Crippen LogP contribution in [0.1, 0.15) is 20.3 Å². The summed E-state index contributed by atoms with van der Waals surface area (Å²) in [6, 6.07) is 0. The minimum atomic E-state index is -0.270. The van der Waals surface area contributed by atoms with Gasteiger partial charge in [-0.1, -0.05) is 13.5 Å². The normalized spacial score (nSPS) is 24.0. The lowest BCUT2D eigenvalue weighted by molar-refractivity contribution is -0.138. The number of carbonyl (C=O) groups is 1. The van der Waals surface area contributed by atoms with Crippen molar-refractivity contribution in [2.45, 2.75) is 20.3 Å². The molecule has 0 saturated heterocycles. The summed E-state index contributed by atoms with van der Waals surface area (Å²) in [7, 11) is 2.02. The van der Waals surface area contributed by atoms with Crippen LogP contribution >= 0.6 is 0 Å². The maximum absolute atomic E-state index is 11.3. The van der Waals surface area contributed by atoms with Crippen molar-refractivity contribution in [1.29, 1.82) is 0 Å². The molecule has 0 aromatic heterocycles. The maximum Gasteiger partial charge on any atom is 0.334 e. The van der Waals surface area contributed by atoms with E-state index in [1.807, 2.05) is 7.05 Å². The Labute approximate surface area is 92.1 Å². The van der Waals surface area contributed by atoms with Crippen molar-refractivity contribution in [3.8, 4) is 0 Å². The van der Waals surface area contributed by atoms with Gasteiger partial charge in [-0.3, -0.25) is 0 Å². The topological polar surface area (TPSA) is 29.5 Å². The van der Waals surface area contributed by atoms with Crippen LogP contribution in [-0.2, 0) is 9.53 Å². The van der Waals surface area contributed by atoms with E-state index in [4.69, 9.17) is 4.74 Å². The van der Waals surface area contributed by atoms with Crippen LogP contribution in [0.15, 0.2) is 12.2 Å². The Morgan fingerprint density at radius 1 is 1.60 bits per heavy atom. The molecule has 15 heavy (non-hydrogen) atoms. The summed E-state index contributed by atoms with van der Waals surface area (Å²) < 4.78 is 4.88. The zero-order valence-electron chi connectivity index (χ0n) is 9.95. The van der Waals surface area contributed by atoms with E-state index in [-0.39, 0.29) is 5.97 Å². The minimum Gasteiger partial charge on any atom is -0.463 e. The number of carbonyl (C=O) groups excluding carboxylic acids is 1. The predicted octanol–water partition coefficient (Wildman–Crippen LogP) is 1.69. The Balaban J connectivity index is 2.21. The summed E-state index contributed by atoms with van der Waals surface area (Å²) in [5.74, 6) is 1.39. The van der Waals surface area contributed by atoms with Crippen molar-refractivity contribution in [3.63, 3.8) is 0 Å². The average Bonchev–Trinajstić information content (AvgIpc) is 2.81. The van der Waals surface area contributed by atoms with E-state index < -0.39 is 0 Å². The molecule has 1 fully saturated rings. The van der Waals surface area contributed by atoms with Crippen LogP contribution in [0.4, 0.5) is 0 Å². The summed E-state index contributed by atoms with van der Waals surface area (Å²) in [6.45, 7) is 9.90. The molecule has 0 amide bonds. The third-order valence-electron chi connectivity index (χ3n) is 2.85. The lowest BCUT2D eigenvalue weighted by Gasteiger charge is -2.17. The molecule has 2 unspecified atom stereocenters. The van der Waals surface area contributed by atoms with E-state index in [2.05, 4.69) is 18.4 Å². The van der Waals surface area contributed by atoms with Crippen LogP contribution in [-0.4, -0.2) is 37.6 Å². The van der Waals surface area contributed by atoms with Crippen molar-refractivity contribution in [3.05, 3.63) is 12.2 Å². The molecule has 0 aromatic carbocycles. The summed E-state index contributed by atoms with van der Waals surface area (Å²) in [6.07, 6.45) is 1.32. The molecule has 0 aliphatic heterocycles. The molecule has 0 bridgehead atoms. The Morgan fingerprint density at radius 3 is 2.67 bits per heavy atom. The standard InChI is InChI=1S/C12H21NO2/c1-5-15-12(14)10(3)7-13(4)8-11-6-9(11)2/h9,11H,3,5-8H2,1-2,4H3. The SMILES string of the molecule is C=C(CN(C)CC1CC1C)C(=O)OCC. The molecule has 1 aliphatic carbocycles. The smallest absolute Gasteiger partial charge is 0.334 e. The molecule has 0 heterocycles. The Morgan fingerprint density at radius 2 is 2.20 bits per heavy atom. The highest BCUT2D eigenvalue weighted by Gasteiger charge is 2.33. The molecular weight excluding hydrogens is 190 g/mol. The third kappa shape index (κ3) is 4.04. The molecule has 0 N–H and O–H groups in total. The van der Waals surface area contributed by atoms with Crippen molar-refractivity contribution < 1.29 is 9.53 Å². The van der Waals surface area contributed by atoms with Gasteiger partial charge < -0.3 is 9.64 Å². The van der Waals surface area contributed by atoms with Crippen LogP contribution in [0.2, 0.25) is 0 Å². The van der Waals surface area contributed by atoms with Gasteiger partial charge in [0.15, 0.2) is 0 Å². The molecule has 1 saturated carbocycles. The number of rotatable bonds is 6. The van der Waals surface area contributed by atoms with Crippen molar-refractivity contribution in [2.24, 2.45) is 11.8 Å².